The molecule has 1 aliphatic rings. The SMILES string of the molecule is N=C(N)c1ccc(C2(CC(O)C(=O)O)Nc3cc(C(=N)N)ccc3C2=CC(O)C(=O)O)cc1. The van der Waals surface area contributed by atoms with Gasteiger partial charge in [-0.1, -0.05) is 36.4 Å². The summed E-state index contributed by atoms with van der Waals surface area (Å²) in [6.07, 6.45) is -3.12. The molecular weight excluding hydrogens is 430 g/mol. The van der Waals surface area contributed by atoms with Crippen molar-refractivity contribution in [3.63, 3.8) is 0 Å². The number of hydrogen-bond acceptors (Lipinski definition) is 7. The number of carbonyl (C=O) groups is 2. The maximum absolute atomic E-state index is 11.5. The molecule has 1 heterocycles. The Labute approximate surface area is 188 Å². The van der Waals surface area contributed by atoms with Crippen LogP contribution >= 0.6 is 0 Å². The summed E-state index contributed by atoms with van der Waals surface area (Å²) in [5, 5.41) is 57.5. The molecule has 0 bridgehead atoms. The van der Waals surface area contributed by atoms with E-state index in [2.05, 4.69) is 5.32 Å². The maximum atomic E-state index is 11.5. The van der Waals surface area contributed by atoms with Gasteiger partial charge in [0.25, 0.3) is 0 Å². The van der Waals surface area contributed by atoms with Crippen LogP contribution in [0.15, 0.2) is 48.5 Å². The zero-order chi connectivity index (χ0) is 24.5. The van der Waals surface area contributed by atoms with Gasteiger partial charge in [-0.25, -0.2) is 9.59 Å². The number of carboxylic acid groups (broad SMARTS) is 2. The van der Waals surface area contributed by atoms with E-state index < -0.39 is 36.1 Å². The van der Waals surface area contributed by atoms with Crippen LogP contribution in [0.25, 0.3) is 5.57 Å². The first-order valence-corrected chi connectivity index (χ1v) is 9.72. The number of nitrogens with two attached hydrogens (primary N) is 2. The van der Waals surface area contributed by atoms with Crippen LogP contribution in [-0.4, -0.2) is 56.2 Å². The van der Waals surface area contributed by atoms with Crippen molar-refractivity contribution in [1.82, 2.24) is 0 Å². The first-order chi connectivity index (χ1) is 15.5. The number of amidine groups is 2. The summed E-state index contributed by atoms with van der Waals surface area (Å²) in [6.45, 7) is 0. The van der Waals surface area contributed by atoms with Gasteiger partial charge in [-0.05, 0) is 23.3 Å². The Morgan fingerprint density at radius 2 is 1.55 bits per heavy atom. The Morgan fingerprint density at radius 1 is 0.970 bits per heavy atom. The molecule has 11 N–H and O–H groups in total. The van der Waals surface area contributed by atoms with Gasteiger partial charge < -0.3 is 37.2 Å². The second-order valence-electron chi connectivity index (χ2n) is 7.62. The number of nitrogens with one attached hydrogen (secondary N) is 3. The molecule has 0 saturated carbocycles. The molecule has 11 heteroatoms. The van der Waals surface area contributed by atoms with Gasteiger partial charge in [-0.3, -0.25) is 10.8 Å². The highest BCUT2D eigenvalue weighted by Gasteiger charge is 2.46. The number of anilines is 1. The smallest absolute Gasteiger partial charge is 0.336 e. The van der Waals surface area contributed by atoms with Crippen molar-refractivity contribution in [2.75, 3.05) is 5.32 Å². The fourth-order valence-corrected chi connectivity index (χ4v) is 3.86. The van der Waals surface area contributed by atoms with E-state index in [1.54, 1.807) is 18.2 Å². The second kappa shape index (κ2) is 8.73. The summed E-state index contributed by atoms with van der Waals surface area (Å²) in [5.74, 6) is -3.41. The molecule has 0 spiro atoms. The Bertz CT molecular complexity index is 1180. The molecule has 172 valence electrons. The van der Waals surface area contributed by atoms with Crippen molar-refractivity contribution in [3.8, 4) is 0 Å². The molecule has 3 rings (SSSR count). The largest absolute Gasteiger partial charge is 0.479 e. The molecule has 2 aromatic rings. The molecule has 0 aliphatic carbocycles. The molecule has 0 aromatic heterocycles. The maximum Gasteiger partial charge on any atom is 0.336 e. The Kier molecular flexibility index (Phi) is 6.20. The fourth-order valence-electron chi connectivity index (χ4n) is 3.86. The van der Waals surface area contributed by atoms with E-state index in [9.17, 15) is 30.0 Å². The third kappa shape index (κ3) is 4.40. The number of aliphatic hydroxyl groups is 2. The van der Waals surface area contributed by atoms with E-state index in [-0.39, 0.29) is 17.2 Å². The summed E-state index contributed by atoms with van der Waals surface area (Å²) >= 11 is 0. The van der Waals surface area contributed by atoms with E-state index in [0.29, 0.717) is 27.9 Å². The van der Waals surface area contributed by atoms with E-state index >= 15 is 0 Å². The van der Waals surface area contributed by atoms with Crippen molar-refractivity contribution >= 4 is 34.9 Å². The molecule has 1 aliphatic heterocycles. The molecule has 0 fully saturated rings. The number of hydrogen-bond donors (Lipinski definition) is 9. The number of aliphatic hydroxyl groups excluding tert-OH is 2. The Hall–Kier alpha value is -4.22. The van der Waals surface area contributed by atoms with Crippen LogP contribution in [0.5, 0.6) is 0 Å². The summed E-state index contributed by atoms with van der Waals surface area (Å²) in [7, 11) is 0. The van der Waals surface area contributed by atoms with E-state index in [0.717, 1.165) is 6.08 Å². The number of carboxylic acids is 2. The van der Waals surface area contributed by atoms with Crippen molar-refractivity contribution in [2.24, 2.45) is 11.5 Å². The van der Waals surface area contributed by atoms with Gasteiger partial charge in [0.2, 0.25) is 0 Å². The fraction of sp³-hybridized carbons (Fsp3) is 0.182. The predicted octanol–water partition coefficient (Wildman–Crippen LogP) is 0.240. The van der Waals surface area contributed by atoms with Gasteiger partial charge in [0.15, 0.2) is 12.2 Å². The van der Waals surface area contributed by atoms with Gasteiger partial charge in [0.05, 0.1) is 5.54 Å². The molecule has 2 aromatic carbocycles. The van der Waals surface area contributed by atoms with Crippen molar-refractivity contribution in [1.29, 1.82) is 10.8 Å². The first-order valence-electron chi connectivity index (χ1n) is 9.72. The topological polar surface area (TPSA) is 227 Å². The highest BCUT2D eigenvalue weighted by atomic mass is 16.4. The number of rotatable bonds is 8. The number of nitrogen functional groups attached to an aromatic ring is 2. The average molecular weight is 453 g/mol. The van der Waals surface area contributed by atoms with Gasteiger partial charge in [0.1, 0.15) is 11.7 Å². The quantitative estimate of drug-likeness (QED) is 0.197. The minimum atomic E-state index is -1.92. The summed E-state index contributed by atoms with van der Waals surface area (Å²) < 4.78 is 0. The van der Waals surface area contributed by atoms with Gasteiger partial charge in [-0.2, -0.15) is 0 Å². The van der Waals surface area contributed by atoms with E-state index in [1.165, 1.54) is 24.3 Å². The third-order valence-electron chi connectivity index (χ3n) is 5.48. The standard InChI is InChI=1S/C22H23N5O6/c23-18(24)10-1-4-12(5-2-10)22(9-17(29)21(32)33)14(8-16(28)20(30)31)13-6-3-11(19(25)26)7-15(13)27-22/h1-8,16-17,27-29H,9H2,(H3,23,24)(H3,25,26)(H,30,31)(H,32,33). The molecule has 0 radical (unpaired) electrons. The van der Waals surface area contributed by atoms with Crippen LogP contribution in [0.1, 0.15) is 28.7 Å². The molecule has 0 saturated heterocycles. The van der Waals surface area contributed by atoms with E-state index in [1.807, 2.05) is 0 Å². The van der Waals surface area contributed by atoms with Crippen molar-refractivity contribution in [3.05, 3.63) is 70.8 Å². The number of aliphatic carboxylic acids is 2. The molecule has 0 amide bonds. The van der Waals surface area contributed by atoms with Crippen LogP contribution in [-0.2, 0) is 15.1 Å². The third-order valence-corrected chi connectivity index (χ3v) is 5.48. The molecule has 3 unspecified atom stereocenters. The predicted molar refractivity (Wildman–Crippen MR) is 120 cm³/mol. The lowest BCUT2D eigenvalue weighted by atomic mass is 9.77. The first kappa shape index (κ1) is 23.4. The highest BCUT2D eigenvalue weighted by molar-refractivity contribution is 6.00. The van der Waals surface area contributed by atoms with Crippen LogP contribution in [0.3, 0.4) is 0 Å². The van der Waals surface area contributed by atoms with Crippen LogP contribution in [0, 0.1) is 10.8 Å². The number of fused-ring (bicyclic) bond motifs is 1. The van der Waals surface area contributed by atoms with Gasteiger partial charge in [-0.15, -0.1) is 0 Å². The molecular formula is C22H23N5O6. The van der Waals surface area contributed by atoms with Crippen LogP contribution < -0.4 is 16.8 Å². The number of benzene rings is 2. The molecule has 3 atom stereocenters. The second-order valence-corrected chi connectivity index (χ2v) is 7.62. The average Bonchev–Trinajstić information content (AvgIpc) is 3.06. The monoisotopic (exact) mass is 453 g/mol. The minimum Gasteiger partial charge on any atom is -0.479 e. The van der Waals surface area contributed by atoms with Crippen molar-refractivity contribution in [2.45, 2.75) is 24.2 Å². The lowest BCUT2D eigenvalue weighted by molar-refractivity contribution is -0.147. The zero-order valence-electron chi connectivity index (χ0n) is 17.2. The minimum absolute atomic E-state index is 0.188. The summed E-state index contributed by atoms with van der Waals surface area (Å²) in [6, 6.07) is 10.8. The molecule has 33 heavy (non-hydrogen) atoms. The van der Waals surface area contributed by atoms with Crippen molar-refractivity contribution < 1.29 is 30.0 Å². The lowest BCUT2D eigenvalue weighted by Gasteiger charge is -2.34. The van der Waals surface area contributed by atoms with Gasteiger partial charge in [0, 0.05) is 28.8 Å². The Morgan fingerprint density at radius 3 is 2.06 bits per heavy atom. The van der Waals surface area contributed by atoms with Crippen LogP contribution in [0.4, 0.5) is 5.69 Å². The zero-order valence-corrected chi connectivity index (χ0v) is 17.2. The van der Waals surface area contributed by atoms with Crippen LogP contribution in [0.2, 0.25) is 0 Å². The normalized spacial score (nSPS) is 19.9. The summed E-state index contributed by atoms with van der Waals surface area (Å²) in [5.41, 5.74) is 11.9. The molecule has 11 nitrogen and oxygen atoms in total. The van der Waals surface area contributed by atoms with E-state index in [4.69, 9.17) is 22.3 Å². The lowest BCUT2D eigenvalue weighted by Crippen LogP contribution is -2.39. The Balaban J connectivity index is 2.29. The summed E-state index contributed by atoms with van der Waals surface area (Å²) in [4.78, 5) is 22.9. The highest BCUT2D eigenvalue weighted by Crippen LogP contribution is 2.51. The van der Waals surface area contributed by atoms with Gasteiger partial charge >= 0.3 is 11.9 Å².